The Bertz CT molecular complexity index is 808. The molecule has 1 amide bonds. The highest BCUT2D eigenvalue weighted by atomic mass is 79.9. The number of nitrogens with two attached hydrogens (primary N) is 1. The SMILES string of the molecule is CC(C)(C)OC(=O)N1CC2CC1CN2S(=O)(=O)c1cc(Br)cnc1N. The molecule has 1 aromatic rings. The van der Waals surface area contributed by atoms with Crippen molar-refractivity contribution in [1.29, 1.82) is 0 Å². The minimum absolute atomic E-state index is 0.0155. The maximum absolute atomic E-state index is 13.0. The third-order valence-corrected chi connectivity index (χ3v) is 6.63. The van der Waals surface area contributed by atoms with E-state index in [9.17, 15) is 13.2 Å². The van der Waals surface area contributed by atoms with E-state index in [1.54, 1.807) is 25.7 Å². The first-order valence-corrected chi connectivity index (χ1v) is 10.1. The van der Waals surface area contributed by atoms with Crippen molar-refractivity contribution in [1.82, 2.24) is 14.2 Å². The summed E-state index contributed by atoms with van der Waals surface area (Å²) in [6, 6.07) is 0.992. The standard InChI is InChI=1S/C15H21BrN4O4S/c1-15(2,3)24-14(21)19-7-11-5-10(19)8-20(11)25(22,23)12-4-9(16)6-18-13(12)17/h4,6,10-11H,5,7-8H2,1-3H3,(H2,17,18). The number of hydrogen-bond donors (Lipinski definition) is 1. The molecule has 3 rings (SSSR count). The van der Waals surface area contributed by atoms with E-state index >= 15 is 0 Å². The molecule has 1 aromatic heterocycles. The van der Waals surface area contributed by atoms with Crippen LogP contribution in [0.1, 0.15) is 27.2 Å². The molecule has 0 saturated carbocycles. The number of carbonyl (C=O) groups is 1. The number of nitrogen functional groups attached to an aromatic ring is 1. The van der Waals surface area contributed by atoms with Gasteiger partial charge in [-0.15, -0.1) is 0 Å². The van der Waals surface area contributed by atoms with Crippen LogP contribution in [0.15, 0.2) is 21.6 Å². The van der Waals surface area contributed by atoms with Crippen molar-refractivity contribution < 1.29 is 17.9 Å². The fraction of sp³-hybridized carbons (Fsp3) is 0.600. The number of likely N-dealkylation sites (tertiary alicyclic amines) is 1. The number of fused-ring (bicyclic) bond motifs is 2. The molecule has 2 aliphatic rings. The first kappa shape index (κ1) is 18.4. The van der Waals surface area contributed by atoms with Crippen LogP contribution in [0.4, 0.5) is 10.6 Å². The van der Waals surface area contributed by atoms with Crippen molar-refractivity contribution in [2.45, 2.75) is 49.8 Å². The molecule has 3 heterocycles. The van der Waals surface area contributed by atoms with Gasteiger partial charge in [-0.05, 0) is 49.2 Å². The highest BCUT2D eigenvalue weighted by Crippen LogP contribution is 2.37. The Morgan fingerprint density at radius 2 is 2.04 bits per heavy atom. The normalized spacial score (nSPS) is 23.9. The number of sulfonamides is 1. The number of nitrogens with zero attached hydrogens (tertiary/aromatic N) is 3. The predicted molar refractivity (Wildman–Crippen MR) is 95.4 cm³/mol. The summed E-state index contributed by atoms with van der Waals surface area (Å²) >= 11 is 3.22. The average molecular weight is 433 g/mol. The van der Waals surface area contributed by atoms with Crippen LogP contribution in [0.25, 0.3) is 0 Å². The molecule has 0 aromatic carbocycles. The van der Waals surface area contributed by atoms with Crippen molar-refractivity contribution >= 4 is 37.9 Å². The summed E-state index contributed by atoms with van der Waals surface area (Å²) in [5.74, 6) is -0.0324. The van der Waals surface area contributed by atoms with Gasteiger partial charge in [0.15, 0.2) is 0 Å². The van der Waals surface area contributed by atoms with E-state index in [1.165, 1.54) is 16.6 Å². The summed E-state index contributed by atoms with van der Waals surface area (Å²) in [7, 11) is -3.77. The topological polar surface area (TPSA) is 106 Å². The van der Waals surface area contributed by atoms with E-state index in [2.05, 4.69) is 20.9 Å². The van der Waals surface area contributed by atoms with Crippen LogP contribution in [0, 0.1) is 0 Å². The molecule has 0 spiro atoms. The summed E-state index contributed by atoms with van der Waals surface area (Å²) < 4.78 is 33.3. The number of carbonyl (C=O) groups excluding carboxylic acids is 1. The molecule has 2 aliphatic heterocycles. The zero-order valence-corrected chi connectivity index (χ0v) is 16.7. The minimum atomic E-state index is -3.77. The Morgan fingerprint density at radius 1 is 1.36 bits per heavy atom. The van der Waals surface area contributed by atoms with Gasteiger partial charge in [-0.2, -0.15) is 4.31 Å². The van der Waals surface area contributed by atoms with Gasteiger partial charge < -0.3 is 15.4 Å². The Morgan fingerprint density at radius 3 is 2.60 bits per heavy atom. The Hall–Kier alpha value is -1.39. The quantitative estimate of drug-likeness (QED) is 0.763. The predicted octanol–water partition coefficient (Wildman–Crippen LogP) is 1.81. The molecule has 2 unspecified atom stereocenters. The van der Waals surface area contributed by atoms with E-state index in [0.717, 1.165) is 0 Å². The zero-order chi connectivity index (χ0) is 18.6. The molecule has 25 heavy (non-hydrogen) atoms. The molecule has 0 aliphatic carbocycles. The highest BCUT2D eigenvalue weighted by molar-refractivity contribution is 9.10. The number of rotatable bonds is 2. The molecular formula is C15H21BrN4O4S. The van der Waals surface area contributed by atoms with E-state index in [1.807, 2.05) is 0 Å². The maximum Gasteiger partial charge on any atom is 0.410 e. The molecule has 10 heteroatoms. The largest absolute Gasteiger partial charge is 0.444 e. The second kappa shape index (κ2) is 6.10. The lowest BCUT2D eigenvalue weighted by atomic mass is 10.2. The molecule has 2 saturated heterocycles. The average Bonchev–Trinajstić information content (AvgIpc) is 3.08. The van der Waals surface area contributed by atoms with Gasteiger partial charge in [-0.3, -0.25) is 0 Å². The number of halogens is 1. The smallest absolute Gasteiger partial charge is 0.410 e. The first-order chi connectivity index (χ1) is 11.5. The lowest BCUT2D eigenvalue weighted by Crippen LogP contribution is -2.51. The second-order valence-corrected chi connectivity index (χ2v) is 10.1. The third-order valence-electron chi connectivity index (χ3n) is 4.25. The van der Waals surface area contributed by atoms with Gasteiger partial charge in [0, 0.05) is 29.8 Å². The van der Waals surface area contributed by atoms with Crippen molar-refractivity contribution in [3.8, 4) is 0 Å². The number of ether oxygens (including phenoxy) is 1. The number of hydrogen-bond acceptors (Lipinski definition) is 6. The van der Waals surface area contributed by atoms with Crippen molar-refractivity contribution in [3.05, 3.63) is 16.7 Å². The molecule has 2 N–H and O–H groups in total. The number of aromatic nitrogens is 1. The number of pyridine rings is 1. The summed E-state index contributed by atoms with van der Waals surface area (Å²) in [5.41, 5.74) is 5.18. The summed E-state index contributed by atoms with van der Waals surface area (Å²) in [4.78, 5) is 17.8. The van der Waals surface area contributed by atoms with E-state index in [0.29, 0.717) is 17.4 Å². The van der Waals surface area contributed by atoms with Crippen LogP contribution >= 0.6 is 15.9 Å². The van der Waals surface area contributed by atoms with Crippen LogP contribution in [0.5, 0.6) is 0 Å². The zero-order valence-electron chi connectivity index (χ0n) is 14.3. The van der Waals surface area contributed by atoms with Crippen molar-refractivity contribution in [3.63, 3.8) is 0 Å². The van der Waals surface area contributed by atoms with Crippen LogP contribution in [0.3, 0.4) is 0 Å². The van der Waals surface area contributed by atoms with Crippen molar-refractivity contribution in [2.75, 3.05) is 18.8 Å². The summed E-state index contributed by atoms with van der Waals surface area (Å²) in [6.07, 6.45) is 1.65. The third kappa shape index (κ3) is 3.47. The van der Waals surface area contributed by atoms with E-state index in [-0.39, 0.29) is 29.3 Å². The van der Waals surface area contributed by atoms with Crippen LogP contribution in [-0.4, -0.2) is 59.5 Å². The lowest BCUT2D eigenvalue weighted by molar-refractivity contribution is 0.0173. The van der Waals surface area contributed by atoms with E-state index < -0.39 is 21.7 Å². The van der Waals surface area contributed by atoms with Gasteiger partial charge in [-0.1, -0.05) is 0 Å². The second-order valence-electron chi connectivity index (χ2n) is 7.29. The lowest BCUT2D eigenvalue weighted by Gasteiger charge is -2.34. The Labute approximate surface area is 155 Å². The molecular weight excluding hydrogens is 412 g/mol. The molecule has 0 radical (unpaired) electrons. The molecule has 8 nitrogen and oxygen atoms in total. The monoisotopic (exact) mass is 432 g/mol. The fourth-order valence-corrected chi connectivity index (χ4v) is 5.48. The van der Waals surface area contributed by atoms with Crippen molar-refractivity contribution in [2.24, 2.45) is 0 Å². The molecule has 138 valence electrons. The molecule has 2 fully saturated rings. The maximum atomic E-state index is 13.0. The van der Waals surface area contributed by atoms with Gasteiger partial charge in [0.1, 0.15) is 16.3 Å². The van der Waals surface area contributed by atoms with Crippen LogP contribution < -0.4 is 5.73 Å². The number of amides is 1. The first-order valence-electron chi connectivity index (χ1n) is 7.91. The molecule has 2 atom stereocenters. The Balaban J connectivity index is 1.78. The highest BCUT2D eigenvalue weighted by Gasteiger charge is 2.51. The molecule has 2 bridgehead atoms. The minimum Gasteiger partial charge on any atom is -0.444 e. The van der Waals surface area contributed by atoms with Crippen LogP contribution in [0.2, 0.25) is 0 Å². The fourth-order valence-electron chi connectivity index (χ4n) is 3.23. The van der Waals surface area contributed by atoms with Gasteiger partial charge >= 0.3 is 6.09 Å². The van der Waals surface area contributed by atoms with Crippen LogP contribution in [-0.2, 0) is 14.8 Å². The number of anilines is 1. The van der Waals surface area contributed by atoms with Gasteiger partial charge in [0.05, 0.1) is 6.04 Å². The van der Waals surface area contributed by atoms with Gasteiger partial charge in [0.25, 0.3) is 0 Å². The van der Waals surface area contributed by atoms with Gasteiger partial charge in [0.2, 0.25) is 10.0 Å². The van der Waals surface area contributed by atoms with E-state index in [4.69, 9.17) is 10.5 Å². The van der Waals surface area contributed by atoms with Gasteiger partial charge in [-0.25, -0.2) is 18.2 Å². The summed E-state index contributed by atoms with van der Waals surface area (Å²) in [5, 5.41) is 0. The number of piperazine rings is 1. The Kier molecular flexibility index (Phi) is 4.49. The summed E-state index contributed by atoms with van der Waals surface area (Å²) in [6.45, 7) is 5.97.